The van der Waals surface area contributed by atoms with E-state index in [4.69, 9.17) is 15.2 Å². The predicted molar refractivity (Wildman–Crippen MR) is 139 cm³/mol. The average Bonchev–Trinajstić information content (AvgIpc) is 3.19. The maximum atomic E-state index is 12.6. The Kier molecular flexibility index (Phi) is 6.79. The molecule has 0 aromatic heterocycles. The van der Waals surface area contributed by atoms with Crippen molar-refractivity contribution in [3.05, 3.63) is 47.0 Å². The first-order valence-corrected chi connectivity index (χ1v) is 13.1. The molecular weight excluding hydrogens is 472 g/mol. The minimum Gasteiger partial charge on any atom is -0.508 e. The molecule has 5 unspecified atom stereocenters. The van der Waals surface area contributed by atoms with Gasteiger partial charge in [-0.3, -0.25) is 9.59 Å². The number of methoxy groups -OCH3 is 1. The molecule has 2 aromatic rings. The van der Waals surface area contributed by atoms with Gasteiger partial charge in [0.2, 0.25) is 5.91 Å². The second-order valence-electron chi connectivity index (χ2n) is 11.0. The van der Waals surface area contributed by atoms with Gasteiger partial charge < -0.3 is 30.7 Å². The van der Waals surface area contributed by atoms with E-state index in [1.165, 1.54) is 30.4 Å². The van der Waals surface area contributed by atoms with Gasteiger partial charge in [-0.25, -0.2) is 0 Å². The van der Waals surface area contributed by atoms with Gasteiger partial charge in [0, 0.05) is 17.8 Å². The molecular formula is C29H36N2O6. The third-order valence-corrected chi connectivity index (χ3v) is 9.10. The van der Waals surface area contributed by atoms with E-state index in [-0.39, 0.29) is 40.9 Å². The maximum Gasteiger partial charge on any atom is 0.256 e. The summed E-state index contributed by atoms with van der Waals surface area (Å²) in [5, 5.41) is 22.8. The number of ether oxygens (including phenoxy) is 2. The van der Waals surface area contributed by atoms with Crippen LogP contribution in [0, 0.1) is 17.3 Å². The average molecular weight is 509 g/mol. The molecule has 2 fully saturated rings. The zero-order valence-corrected chi connectivity index (χ0v) is 21.5. The van der Waals surface area contributed by atoms with Crippen molar-refractivity contribution >= 4 is 17.5 Å². The van der Waals surface area contributed by atoms with Gasteiger partial charge >= 0.3 is 0 Å². The number of nitrogens with one attached hydrogen (secondary N) is 1. The van der Waals surface area contributed by atoms with Crippen LogP contribution in [-0.2, 0) is 16.0 Å². The van der Waals surface area contributed by atoms with Crippen molar-refractivity contribution in [2.75, 3.05) is 19.0 Å². The smallest absolute Gasteiger partial charge is 0.256 e. The monoisotopic (exact) mass is 508 g/mol. The number of fused-ring (bicyclic) bond motifs is 5. The van der Waals surface area contributed by atoms with Crippen molar-refractivity contribution in [2.24, 2.45) is 23.0 Å². The molecule has 0 saturated heterocycles. The molecule has 198 valence electrons. The Balaban J connectivity index is 1.18. The standard InChI is InChI=1S/C29H36N2O6/c1-29-11-9-20-19-6-4-18(32)13-16(19)3-5-21(20)22(29)7-8-25(29)37-12-10-26(34)31-17-14-23(33)27(28(30)35)24(15-17)36-2/h4,6,13-15,20-22,25,32-33H,3,5,7-12H2,1-2H3,(H2,30,35)(H,31,34). The highest BCUT2D eigenvalue weighted by molar-refractivity contribution is 6.00. The molecule has 2 aromatic carbocycles. The Hall–Kier alpha value is -3.26. The number of amides is 2. The van der Waals surface area contributed by atoms with Crippen molar-refractivity contribution in [3.8, 4) is 17.2 Å². The topological polar surface area (TPSA) is 131 Å². The number of hydrogen-bond donors (Lipinski definition) is 4. The highest BCUT2D eigenvalue weighted by Gasteiger charge is 2.55. The van der Waals surface area contributed by atoms with Gasteiger partial charge in [0.1, 0.15) is 22.8 Å². The van der Waals surface area contributed by atoms with Crippen molar-refractivity contribution in [1.29, 1.82) is 0 Å². The van der Waals surface area contributed by atoms with Gasteiger partial charge in [0.05, 0.1) is 26.2 Å². The van der Waals surface area contributed by atoms with Crippen LogP contribution in [0.5, 0.6) is 17.2 Å². The maximum absolute atomic E-state index is 12.6. The summed E-state index contributed by atoms with van der Waals surface area (Å²) in [6, 6.07) is 8.64. The van der Waals surface area contributed by atoms with Crippen LogP contribution < -0.4 is 15.8 Å². The predicted octanol–water partition coefficient (Wildman–Crippen LogP) is 4.48. The molecule has 0 spiro atoms. The minimum absolute atomic E-state index is 0.0988. The summed E-state index contributed by atoms with van der Waals surface area (Å²) in [5.41, 5.74) is 8.32. The zero-order chi connectivity index (χ0) is 26.3. The third-order valence-electron chi connectivity index (χ3n) is 9.10. The number of rotatable bonds is 7. The highest BCUT2D eigenvalue weighted by atomic mass is 16.5. The first-order chi connectivity index (χ1) is 17.7. The zero-order valence-electron chi connectivity index (χ0n) is 21.5. The fourth-order valence-electron chi connectivity index (χ4n) is 7.39. The summed E-state index contributed by atoms with van der Waals surface area (Å²) in [4.78, 5) is 24.1. The lowest BCUT2D eigenvalue weighted by Gasteiger charge is -2.50. The van der Waals surface area contributed by atoms with E-state index in [9.17, 15) is 19.8 Å². The highest BCUT2D eigenvalue weighted by Crippen LogP contribution is 2.61. The number of aryl methyl sites for hydroxylation is 1. The van der Waals surface area contributed by atoms with E-state index < -0.39 is 5.91 Å². The second-order valence-corrected chi connectivity index (χ2v) is 11.0. The molecule has 5 N–H and O–H groups in total. The van der Waals surface area contributed by atoms with Crippen LogP contribution in [-0.4, -0.2) is 41.8 Å². The lowest BCUT2D eigenvalue weighted by molar-refractivity contribution is -0.119. The van der Waals surface area contributed by atoms with E-state index >= 15 is 0 Å². The number of hydrogen-bond acceptors (Lipinski definition) is 6. The fraction of sp³-hybridized carbons (Fsp3) is 0.517. The molecule has 3 aliphatic carbocycles. The van der Waals surface area contributed by atoms with Crippen LogP contribution >= 0.6 is 0 Å². The second kappa shape index (κ2) is 9.89. The summed E-state index contributed by atoms with van der Waals surface area (Å²) >= 11 is 0. The molecule has 8 heteroatoms. The number of carbonyl (C=O) groups is 2. The molecule has 0 heterocycles. The Labute approximate surface area is 217 Å². The fourth-order valence-corrected chi connectivity index (χ4v) is 7.39. The third kappa shape index (κ3) is 4.63. The van der Waals surface area contributed by atoms with Crippen LogP contribution in [0.1, 0.15) is 72.9 Å². The SMILES string of the molecule is COc1cc(NC(=O)CCOC2CCC3C4CCc5cc(O)ccc5C4CCC23C)cc(O)c1C(N)=O. The van der Waals surface area contributed by atoms with Gasteiger partial charge in [-0.1, -0.05) is 13.0 Å². The van der Waals surface area contributed by atoms with E-state index in [0.29, 0.717) is 35.8 Å². The van der Waals surface area contributed by atoms with Crippen LogP contribution in [0.3, 0.4) is 0 Å². The molecule has 0 bridgehead atoms. The van der Waals surface area contributed by atoms with Crippen LogP contribution in [0.25, 0.3) is 0 Å². The minimum atomic E-state index is -0.810. The molecule has 2 saturated carbocycles. The number of aromatic hydroxyl groups is 2. The van der Waals surface area contributed by atoms with E-state index in [1.54, 1.807) is 0 Å². The molecule has 3 aliphatic rings. The van der Waals surface area contributed by atoms with Crippen molar-refractivity contribution in [3.63, 3.8) is 0 Å². The Morgan fingerprint density at radius 2 is 1.95 bits per heavy atom. The van der Waals surface area contributed by atoms with Gasteiger partial charge in [-0.15, -0.1) is 0 Å². The Morgan fingerprint density at radius 3 is 2.70 bits per heavy atom. The molecule has 5 atom stereocenters. The summed E-state index contributed by atoms with van der Waals surface area (Å²) in [6.45, 7) is 2.69. The number of benzene rings is 2. The number of anilines is 1. The Bertz CT molecular complexity index is 1210. The van der Waals surface area contributed by atoms with E-state index in [2.05, 4.69) is 18.3 Å². The molecule has 5 rings (SSSR count). The number of carbonyl (C=O) groups excluding carboxylic acids is 2. The van der Waals surface area contributed by atoms with Gasteiger partial charge in [-0.2, -0.15) is 0 Å². The van der Waals surface area contributed by atoms with Crippen LogP contribution in [0.2, 0.25) is 0 Å². The Morgan fingerprint density at radius 1 is 1.14 bits per heavy atom. The summed E-state index contributed by atoms with van der Waals surface area (Å²) in [6.07, 6.45) is 6.86. The molecule has 2 amide bonds. The van der Waals surface area contributed by atoms with Crippen molar-refractivity contribution in [2.45, 2.75) is 63.9 Å². The normalized spacial score (nSPS) is 28.1. The van der Waals surface area contributed by atoms with Crippen LogP contribution in [0.15, 0.2) is 30.3 Å². The molecule has 8 nitrogen and oxygen atoms in total. The van der Waals surface area contributed by atoms with Gasteiger partial charge in [-0.05, 0) is 85.0 Å². The number of nitrogens with two attached hydrogens (primary N) is 1. The van der Waals surface area contributed by atoms with Gasteiger partial charge in [0.25, 0.3) is 5.91 Å². The first-order valence-electron chi connectivity index (χ1n) is 13.1. The molecule has 0 aliphatic heterocycles. The van der Waals surface area contributed by atoms with E-state index in [1.807, 2.05) is 12.1 Å². The summed E-state index contributed by atoms with van der Waals surface area (Å²) in [5.74, 6) is 0.850. The quantitative estimate of drug-likeness (QED) is 0.436. The summed E-state index contributed by atoms with van der Waals surface area (Å²) < 4.78 is 11.5. The summed E-state index contributed by atoms with van der Waals surface area (Å²) in [7, 11) is 1.36. The lowest BCUT2D eigenvalue weighted by Crippen LogP contribution is -2.44. The lowest BCUT2D eigenvalue weighted by atomic mass is 9.55. The van der Waals surface area contributed by atoms with Gasteiger partial charge in [0.15, 0.2) is 0 Å². The van der Waals surface area contributed by atoms with E-state index in [0.717, 1.165) is 38.5 Å². The number of primary amides is 1. The largest absolute Gasteiger partial charge is 0.508 e. The van der Waals surface area contributed by atoms with Crippen LogP contribution in [0.4, 0.5) is 5.69 Å². The van der Waals surface area contributed by atoms with Crippen molar-refractivity contribution in [1.82, 2.24) is 0 Å². The van der Waals surface area contributed by atoms with Crippen molar-refractivity contribution < 1.29 is 29.3 Å². The first kappa shape index (κ1) is 25.4. The number of phenols is 2. The molecule has 37 heavy (non-hydrogen) atoms. The number of phenolic OH excluding ortho intramolecular Hbond substituents is 1. The molecule has 0 radical (unpaired) electrons.